The number of nitrogens with zero attached hydrogens (tertiary/aromatic N) is 3. The molecule has 0 fully saturated rings. The Kier molecular flexibility index (Phi) is 3.27. The smallest absolute Gasteiger partial charge is 0.137 e. The Labute approximate surface area is 110 Å². The molecule has 19 heavy (non-hydrogen) atoms. The minimum absolute atomic E-state index is 0.690. The number of anilines is 1. The maximum atomic E-state index is 5.27. The van der Waals surface area contributed by atoms with Crippen molar-refractivity contribution in [2.24, 2.45) is 0 Å². The third-order valence-corrected chi connectivity index (χ3v) is 2.81. The number of aromatic nitrogens is 3. The van der Waals surface area contributed by atoms with Crippen LogP contribution in [0.4, 0.5) is 5.69 Å². The zero-order valence-electron chi connectivity index (χ0n) is 10.4. The van der Waals surface area contributed by atoms with Gasteiger partial charge in [-0.15, -0.1) is 0 Å². The molecule has 2 heterocycles. The Hall–Kier alpha value is -2.56. The molecule has 0 aliphatic rings. The Morgan fingerprint density at radius 3 is 2.74 bits per heavy atom. The van der Waals surface area contributed by atoms with E-state index in [4.69, 9.17) is 4.42 Å². The molecule has 2 aromatic heterocycles. The lowest BCUT2D eigenvalue weighted by Crippen LogP contribution is -2.01. The summed E-state index contributed by atoms with van der Waals surface area (Å²) in [5.74, 6) is 0.923. The molecular weight excluding hydrogens is 240 g/mol. The van der Waals surface area contributed by atoms with Gasteiger partial charge in [-0.1, -0.05) is 12.1 Å². The highest BCUT2D eigenvalue weighted by atomic mass is 16.3. The highest BCUT2D eigenvalue weighted by Crippen LogP contribution is 2.12. The third-order valence-electron chi connectivity index (χ3n) is 2.81. The predicted molar refractivity (Wildman–Crippen MR) is 71.6 cm³/mol. The maximum Gasteiger partial charge on any atom is 0.137 e. The number of hydrogen-bond acceptors (Lipinski definition) is 4. The van der Waals surface area contributed by atoms with Gasteiger partial charge in [0, 0.05) is 5.69 Å². The zero-order valence-corrected chi connectivity index (χ0v) is 10.4. The van der Waals surface area contributed by atoms with Crippen LogP contribution in [0.3, 0.4) is 0 Å². The van der Waals surface area contributed by atoms with Crippen molar-refractivity contribution in [2.45, 2.75) is 13.1 Å². The second-order valence-corrected chi connectivity index (χ2v) is 4.22. The van der Waals surface area contributed by atoms with Gasteiger partial charge in [-0.05, 0) is 29.8 Å². The van der Waals surface area contributed by atoms with Gasteiger partial charge in [0.1, 0.15) is 18.4 Å². The van der Waals surface area contributed by atoms with E-state index >= 15 is 0 Å². The molecule has 0 unspecified atom stereocenters. The highest BCUT2D eigenvalue weighted by molar-refractivity contribution is 5.44. The molecular formula is C14H14N4O. The van der Waals surface area contributed by atoms with Gasteiger partial charge in [0.25, 0.3) is 0 Å². The van der Waals surface area contributed by atoms with Gasteiger partial charge in [0.2, 0.25) is 0 Å². The van der Waals surface area contributed by atoms with E-state index < -0.39 is 0 Å². The van der Waals surface area contributed by atoms with Crippen LogP contribution < -0.4 is 5.32 Å². The highest BCUT2D eigenvalue weighted by Gasteiger charge is 1.98. The Bertz CT molecular complexity index is 599. The summed E-state index contributed by atoms with van der Waals surface area (Å²) in [7, 11) is 0. The number of benzene rings is 1. The molecule has 3 rings (SSSR count). The van der Waals surface area contributed by atoms with E-state index in [9.17, 15) is 0 Å². The van der Waals surface area contributed by atoms with Crippen molar-refractivity contribution >= 4 is 5.69 Å². The van der Waals surface area contributed by atoms with E-state index in [1.165, 1.54) is 5.56 Å². The molecule has 1 N–H and O–H groups in total. The first-order chi connectivity index (χ1) is 9.40. The lowest BCUT2D eigenvalue weighted by atomic mass is 10.2. The normalized spacial score (nSPS) is 10.5. The summed E-state index contributed by atoms with van der Waals surface area (Å²) in [4.78, 5) is 3.92. The van der Waals surface area contributed by atoms with Crippen LogP contribution in [0.2, 0.25) is 0 Å². The number of nitrogens with one attached hydrogen (secondary N) is 1. The maximum absolute atomic E-state index is 5.27. The minimum Gasteiger partial charge on any atom is -0.467 e. The van der Waals surface area contributed by atoms with Crippen LogP contribution in [0.1, 0.15) is 11.3 Å². The molecule has 5 heteroatoms. The second kappa shape index (κ2) is 5.39. The van der Waals surface area contributed by atoms with Crippen LogP contribution in [-0.2, 0) is 13.1 Å². The van der Waals surface area contributed by atoms with E-state index in [-0.39, 0.29) is 0 Å². The van der Waals surface area contributed by atoms with Crippen LogP contribution in [0.25, 0.3) is 0 Å². The van der Waals surface area contributed by atoms with E-state index in [2.05, 4.69) is 39.7 Å². The molecule has 0 saturated heterocycles. The van der Waals surface area contributed by atoms with E-state index in [1.54, 1.807) is 23.6 Å². The van der Waals surface area contributed by atoms with Gasteiger partial charge in [-0.25, -0.2) is 9.67 Å². The second-order valence-electron chi connectivity index (χ2n) is 4.22. The molecule has 1 aromatic carbocycles. The largest absolute Gasteiger partial charge is 0.467 e. The molecule has 0 bridgehead atoms. The van der Waals surface area contributed by atoms with Gasteiger partial charge >= 0.3 is 0 Å². The monoisotopic (exact) mass is 254 g/mol. The lowest BCUT2D eigenvalue weighted by molar-refractivity contribution is 0.518. The van der Waals surface area contributed by atoms with Crippen LogP contribution in [-0.4, -0.2) is 14.8 Å². The van der Waals surface area contributed by atoms with E-state index in [1.807, 2.05) is 12.1 Å². The van der Waals surface area contributed by atoms with Crippen LogP contribution in [0.5, 0.6) is 0 Å². The van der Waals surface area contributed by atoms with Gasteiger partial charge in [0.05, 0.1) is 19.4 Å². The van der Waals surface area contributed by atoms with Crippen LogP contribution in [0, 0.1) is 0 Å². The van der Waals surface area contributed by atoms with Gasteiger partial charge in [0.15, 0.2) is 0 Å². The standard InChI is InChI=1S/C14H14N4O/c1-2-14(19-7-1)8-16-13-5-3-12(4-6-13)9-18-11-15-10-17-18/h1-7,10-11,16H,8-9H2. The fourth-order valence-corrected chi connectivity index (χ4v) is 1.83. The zero-order chi connectivity index (χ0) is 12.9. The van der Waals surface area contributed by atoms with Crippen molar-refractivity contribution in [3.63, 3.8) is 0 Å². The summed E-state index contributed by atoms with van der Waals surface area (Å²) in [6, 6.07) is 12.1. The Balaban J connectivity index is 1.59. The predicted octanol–water partition coefficient (Wildman–Crippen LogP) is 2.53. The molecule has 0 amide bonds. The average molecular weight is 254 g/mol. The minimum atomic E-state index is 0.690. The van der Waals surface area contributed by atoms with Crippen molar-refractivity contribution in [3.8, 4) is 0 Å². The SMILES string of the molecule is c1coc(CNc2ccc(Cn3cncn3)cc2)c1. The molecule has 3 aromatic rings. The fourth-order valence-electron chi connectivity index (χ4n) is 1.83. The summed E-state index contributed by atoms with van der Waals surface area (Å²) in [5, 5.41) is 7.39. The first kappa shape index (κ1) is 11.5. The van der Waals surface area contributed by atoms with Crippen molar-refractivity contribution in [1.29, 1.82) is 0 Å². The van der Waals surface area contributed by atoms with Crippen LogP contribution >= 0.6 is 0 Å². The third kappa shape index (κ3) is 3.01. The number of furan rings is 1. The molecule has 0 atom stereocenters. The topological polar surface area (TPSA) is 55.9 Å². The molecule has 5 nitrogen and oxygen atoms in total. The Morgan fingerprint density at radius 1 is 1.16 bits per heavy atom. The van der Waals surface area contributed by atoms with Gasteiger partial charge in [-0.3, -0.25) is 0 Å². The lowest BCUT2D eigenvalue weighted by Gasteiger charge is -2.06. The summed E-state index contributed by atoms with van der Waals surface area (Å²) in [6.45, 7) is 1.42. The summed E-state index contributed by atoms with van der Waals surface area (Å²) in [6.07, 6.45) is 4.93. The first-order valence-corrected chi connectivity index (χ1v) is 6.08. The molecule has 0 spiro atoms. The fraction of sp³-hybridized carbons (Fsp3) is 0.143. The van der Waals surface area contributed by atoms with Crippen molar-refractivity contribution in [2.75, 3.05) is 5.32 Å². The van der Waals surface area contributed by atoms with Crippen molar-refractivity contribution in [1.82, 2.24) is 14.8 Å². The number of hydrogen-bond donors (Lipinski definition) is 1. The average Bonchev–Trinajstić information content (AvgIpc) is 3.11. The molecule has 0 radical (unpaired) electrons. The molecule has 0 aliphatic carbocycles. The molecule has 96 valence electrons. The summed E-state index contributed by atoms with van der Waals surface area (Å²) < 4.78 is 7.06. The van der Waals surface area contributed by atoms with Gasteiger partial charge < -0.3 is 9.73 Å². The van der Waals surface area contributed by atoms with Crippen molar-refractivity contribution < 1.29 is 4.42 Å². The van der Waals surface area contributed by atoms with Gasteiger partial charge in [-0.2, -0.15) is 5.10 Å². The Morgan fingerprint density at radius 2 is 2.05 bits per heavy atom. The number of rotatable bonds is 5. The van der Waals surface area contributed by atoms with E-state index in [0.29, 0.717) is 6.54 Å². The molecule has 0 aliphatic heterocycles. The van der Waals surface area contributed by atoms with E-state index in [0.717, 1.165) is 18.0 Å². The quantitative estimate of drug-likeness (QED) is 0.760. The first-order valence-electron chi connectivity index (χ1n) is 6.08. The molecule has 0 saturated carbocycles. The van der Waals surface area contributed by atoms with Crippen LogP contribution in [0.15, 0.2) is 59.7 Å². The summed E-state index contributed by atoms with van der Waals surface area (Å²) >= 11 is 0. The van der Waals surface area contributed by atoms with Crippen molar-refractivity contribution in [3.05, 3.63) is 66.6 Å². The summed E-state index contributed by atoms with van der Waals surface area (Å²) in [5.41, 5.74) is 2.26.